The van der Waals surface area contributed by atoms with Crippen molar-refractivity contribution in [2.24, 2.45) is 0 Å². The van der Waals surface area contributed by atoms with E-state index in [1.165, 1.54) is 11.6 Å². The summed E-state index contributed by atoms with van der Waals surface area (Å²) in [7, 11) is 1.64. The minimum absolute atomic E-state index is 0.0230. The maximum Gasteiger partial charge on any atom is 0.246 e. The molecule has 0 saturated carbocycles. The highest BCUT2D eigenvalue weighted by Crippen LogP contribution is 2.26. The molecule has 0 bridgehead atoms. The van der Waals surface area contributed by atoms with Gasteiger partial charge in [-0.05, 0) is 29.3 Å². The highest BCUT2D eigenvalue weighted by atomic mass is 16.5. The second kappa shape index (κ2) is 3.77. The van der Waals surface area contributed by atoms with Crippen LogP contribution in [0.3, 0.4) is 0 Å². The van der Waals surface area contributed by atoms with Gasteiger partial charge in [-0.1, -0.05) is 12.6 Å². The van der Waals surface area contributed by atoms with E-state index in [1.807, 2.05) is 18.2 Å². The maximum absolute atomic E-state index is 11.4. The van der Waals surface area contributed by atoms with Gasteiger partial charge in [0.1, 0.15) is 5.75 Å². The first-order valence-electron chi connectivity index (χ1n) is 4.81. The van der Waals surface area contributed by atoms with Gasteiger partial charge in [0.2, 0.25) is 5.91 Å². The number of hydrogen-bond donors (Lipinski definition) is 0. The molecule has 1 aromatic carbocycles. The van der Waals surface area contributed by atoms with Crippen molar-refractivity contribution in [3.05, 3.63) is 42.0 Å². The molecular weight excluding hydrogens is 190 g/mol. The molecule has 3 nitrogen and oxygen atoms in total. The molecule has 0 saturated heterocycles. The van der Waals surface area contributed by atoms with Crippen LogP contribution >= 0.6 is 0 Å². The third-order valence-corrected chi connectivity index (χ3v) is 2.62. The summed E-state index contributed by atoms with van der Waals surface area (Å²) < 4.78 is 5.14. The molecule has 0 radical (unpaired) electrons. The van der Waals surface area contributed by atoms with Crippen molar-refractivity contribution in [3.63, 3.8) is 0 Å². The number of fused-ring (bicyclic) bond motifs is 1. The molecule has 3 heteroatoms. The van der Waals surface area contributed by atoms with Gasteiger partial charge < -0.3 is 9.64 Å². The van der Waals surface area contributed by atoms with Gasteiger partial charge in [-0.3, -0.25) is 4.79 Å². The molecule has 1 aliphatic rings. The van der Waals surface area contributed by atoms with E-state index in [9.17, 15) is 4.79 Å². The molecule has 1 heterocycles. The van der Waals surface area contributed by atoms with Crippen LogP contribution in [0.15, 0.2) is 30.9 Å². The van der Waals surface area contributed by atoms with Gasteiger partial charge in [-0.25, -0.2) is 0 Å². The zero-order chi connectivity index (χ0) is 10.8. The maximum atomic E-state index is 11.4. The van der Waals surface area contributed by atoms with Gasteiger partial charge in [0.25, 0.3) is 0 Å². The van der Waals surface area contributed by atoms with E-state index in [1.54, 1.807) is 12.0 Å². The Hall–Kier alpha value is -1.77. The summed E-state index contributed by atoms with van der Waals surface area (Å²) in [4.78, 5) is 13.2. The third kappa shape index (κ3) is 1.73. The van der Waals surface area contributed by atoms with E-state index in [0.717, 1.165) is 11.3 Å². The lowest BCUT2D eigenvalue weighted by molar-refractivity contribution is -0.126. The number of benzene rings is 1. The fourth-order valence-corrected chi connectivity index (χ4v) is 1.78. The summed E-state index contributed by atoms with van der Waals surface area (Å²) in [6, 6.07) is 5.90. The molecule has 78 valence electrons. The molecule has 0 aliphatic carbocycles. The van der Waals surface area contributed by atoms with E-state index < -0.39 is 0 Å². The number of methoxy groups -OCH3 is 1. The predicted molar refractivity (Wildman–Crippen MR) is 57.4 cm³/mol. The molecule has 0 spiro atoms. The Bertz CT molecular complexity index is 412. The molecule has 0 unspecified atom stereocenters. The third-order valence-electron chi connectivity index (χ3n) is 2.62. The number of rotatable bonds is 2. The largest absolute Gasteiger partial charge is 0.497 e. The highest BCUT2D eigenvalue weighted by Gasteiger charge is 2.21. The molecule has 2 rings (SSSR count). The Morgan fingerprint density at radius 2 is 2.20 bits per heavy atom. The summed E-state index contributed by atoms with van der Waals surface area (Å²) in [5.41, 5.74) is 2.34. The number of amides is 1. The zero-order valence-corrected chi connectivity index (χ0v) is 8.69. The van der Waals surface area contributed by atoms with Crippen LogP contribution in [0, 0.1) is 0 Å². The summed E-state index contributed by atoms with van der Waals surface area (Å²) in [5.74, 6) is 0.812. The number of nitrogens with zero attached hydrogens (tertiary/aromatic N) is 1. The first-order chi connectivity index (χ1) is 7.24. The van der Waals surface area contributed by atoms with Crippen molar-refractivity contribution in [2.45, 2.75) is 13.1 Å². The van der Waals surface area contributed by atoms with Gasteiger partial charge in [-0.2, -0.15) is 0 Å². The Kier molecular flexibility index (Phi) is 2.46. The van der Waals surface area contributed by atoms with Crippen molar-refractivity contribution >= 4 is 5.91 Å². The van der Waals surface area contributed by atoms with Crippen molar-refractivity contribution in [1.82, 2.24) is 4.90 Å². The van der Waals surface area contributed by atoms with Crippen LogP contribution in [0.2, 0.25) is 0 Å². The smallest absolute Gasteiger partial charge is 0.246 e. The quantitative estimate of drug-likeness (QED) is 0.685. The minimum atomic E-state index is -0.0230. The van der Waals surface area contributed by atoms with E-state index in [4.69, 9.17) is 4.74 Å². The molecular formula is C12H13NO2. The second-order valence-corrected chi connectivity index (χ2v) is 3.53. The van der Waals surface area contributed by atoms with Crippen LogP contribution in [0.1, 0.15) is 11.1 Å². The average molecular weight is 203 g/mol. The topological polar surface area (TPSA) is 29.5 Å². The molecule has 0 atom stereocenters. The second-order valence-electron chi connectivity index (χ2n) is 3.53. The minimum Gasteiger partial charge on any atom is -0.497 e. The first-order valence-corrected chi connectivity index (χ1v) is 4.81. The van der Waals surface area contributed by atoms with Crippen LogP contribution in [0.25, 0.3) is 0 Å². The summed E-state index contributed by atoms with van der Waals surface area (Å²) in [5, 5.41) is 0. The lowest BCUT2D eigenvalue weighted by atomic mass is 10.1. The summed E-state index contributed by atoms with van der Waals surface area (Å²) >= 11 is 0. The van der Waals surface area contributed by atoms with Crippen molar-refractivity contribution in [1.29, 1.82) is 0 Å². The molecule has 0 aromatic heterocycles. The number of hydrogen-bond acceptors (Lipinski definition) is 2. The van der Waals surface area contributed by atoms with Crippen LogP contribution in [0.5, 0.6) is 5.75 Å². The van der Waals surface area contributed by atoms with Gasteiger partial charge >= 0.3 is 0 Å². The van der Waals surface area contributed by atoms with E-state index >= 15 is 0 Å². The summed E-state index contributed by atoms with van der Waals surface area (Å²) in [6.07, 6.45) is 1.35. The standard InChI is InChI=1S/C12H13NO2/c1-3-12(14)13-7-9-4-5-11(15-2)6-10(9)8-13/h3-6H,1,7-8H2,2H3. The SMILES string of the molecule is C=CC(=O)N1Cc2ccc(OC)cc2C1. The van der Waals surface area contributed by atoms with Gasteiger partial charge in [-0.15, -0.1) is 0 Å². The average Bonchev–Trinajstić information content (AvgIpc) is 2.70. The van der Waals surface area contributed by atoms with Crippen molar-refractivity contribution in [2.75, 3.05) is 7.11 Å². The van der Waals surface area contributed by atoms with Crippen molar-refractivity contribution in [3.8, 4) is 5.75 Å². The lowest BCUT2D eigenvalue weighted by Crippen LogP contribution is -2.22. The predicted octanol–water partition coefficient (Wildman–Crippen LogP) is 1.72. The molecule has 1 amide bonds. The van der Waals surface area contributed by atoms with E-state index in [2.05, 4.69) is 6.58 Å². The van der Waals surface area contributed by atoms with Gasteiger partial charge in [0.15, 0.2) is 0 Å². The Morgan fingerprint density at radius 1 is 1.47 bits per heavy atom. The van der Waals surface area contributed by atoms with Crippen LogP contribution in [-0.2, 0) is 17.9 Å². The Morgan fingerprint density at radius 3 is 2.87 bits per heavy atom. The molecule has 15 heavy (non-hydrogen) atoms. The van der Waals surface area contributed by atoms with E-state index in [0.29, 0.717) is 13.1 Å². The van der Waals surface area contributed by atoms with Gasteiger partial charge in [0, 0.05) is 13.1 Å². The summed E-state index contributed by atoms with van der Waals surface area (Å²) in [6.45, 7) is 4.81. The Balaban J connectivity index is 2.23. The van der Waals surface area contributed by atoms with Crippen LogP contribution in [-0.4, -0.2) is 17.9 Å². The lowest BCUT2D eigenvalue weighted by Gasteiger charge is -2.11. The van der Waals surface area contributed by atoms with Crippen molar-refractivity contribution < 1.29 is 9.53 Å². The van der Waals surface area contributed by atoms with Crippen LogP contribution in [0.4, 0.5) is 0 Å². The first kappa shape index (κ1) is 9.77. The molecule has 0 fully saturated rings. The monoisotopic (exact) mass is 203 g/mol. The normalized spacial score (nSPS) is 13.5. The van der Waals surface area contributed by atoms with Crippen LogP contribution < -0.4 is 4.74 Å². The molecule has 1 aliphatic heterocycles. The molecule has 0 N–H and O–H groups in total. The fraction of sp³-hybridized carbons (Fsp3) is 0.250. The number of ether oxygens (including phenoxy) is 1. The highest BCUT2D eigenvalue weighted by molar-refractivity contribution is 5.87. The van der Waals surface area contributed by atoms with E-state index in [-0.39, 0.29) is 5.91 Å². The zero-order valence-electron chi connectivity index (χ0n) is 8.69. The van der Waals surface area contributed by atoms with Gasteiger partial charge in [0.05, 0.1) is 7.11 Å². The fourth-order valence-electron chi connectivity index (χ4n) is 1.78. The number of carbonyl (C=O) groups is 1. The number of carbonyl (C=O) groups excluding carboxylic acids is 1. The molecule has 1 aromatic rings. The Labute approximate surface area is 89.0 Å².